The highest BCUT2D eigenvalue weighted by Gasteiger charge is 2.43. The lowest BCUT2D eigenvalue weighted by atomic mass is 9.85. The third kappa shape index (κ3) is 7.42. The lowest BCUT2D eigenvalue weighted by Gasteiger charge is -2.46. The smallest absolute Gasteiger partial charge is 0.201 e. The molecule has 12 heteroatoms. The van der Waals surface area contributed by atoms with Crippen LogP contribution in [0.5, 0.6) is 46.0 Å². The van der Waals surface area contributed by atoms with Crippen LogP contribution in [0.25, 0.3) is 0 Å². The summed E-state index contributed by atoms with van der Waals surface area (Å²) in [4.78, 5) is 14.6. The van der Waals surface area contributed by atoms with Gasteiger partial charge in [0, 0.05) is 25.4 Å². The number of carboxylic acids is 1. The van der Waals surface area contributed by atoms with Crippen molar-refractivity contribution in [2.24, 2.45) is 0 Å². The largest absolute Gasteiger partial charge is 0.544 e. The Kier molecular flexibility index (Phi) is 11.9. The number of methoxy groups -OCH3 is 3. The molecule has 8 rings (SSSR count). The number of hydrogen-bond acceptors (Lipinski definition) is 9. The number of quaternary nitrogens is 1. The van der Waals surface area contributed by atoms with Crippen LogP contribution in [0.2, 0.25) is 0 Å². The molecule has 4 aliphatic heterocycles. The van der Waals surface area contributed by atoms with E-state index >= 15 is 0 Å². The number of rotatable bonds is 5. The summed E-state index contributed by atoms with van der Waals surface area (Å²) >= 11 is 0. The van der Waals surface area contributed by atoms with Crippen molar-refractivity contribution < 1.29 is 43.2 Å². The zero-order valence-electron chi connectivity index (χ0n) is 29.4. The standard InChI is InChI=1S/C39H42N2O8.2HI/c1-40-14-12-25-19-32(46-4)34-21-28(25)29(40)16-23-6-9-27(10-7-23)48-33-18-24(8-11-31(33)45-3)17-30-37-26(13-15-41(30,2)22-36(42)43)20-35(47-5)38(44)39(37)49-34;;/h6-11,18-21,29-30H,12-17,22H2,1-5H3,(H-,42,43,44);2*1H. The normalized spacial score (nSPS) is 20.5. The predicted molar refractivity (Wildman–Crippen MR) is 212 cm³/mol. The van der Waals surface area contributed by atoms with Gasteiger partial charge < -0.3 is 43.2 Å². The second-order valence-corrected chi connectivity index (χ2v) is 13.5. The lowest BCUT2D eigenvalue weighted by molar-refractivity contribution is -0.936. The average molecular weight is 923 g/mol. The number of likely N-dealkylation sites (N-methyl/N-ethyl adjacent to an activating group) is 2. The van der Waals surface area contributed by atoms with Crippen molar-refractivity contribution in [3.05, 3.63) is 94.0 Å². The van der Waals surface area contributed by atoms with Crippen LogP contribution in [0.1, 0.15) is 45.5 Å². The monoisotopic (exact) mass is 922 g/mol. The van der Waals surface area contributed by atoms with Gasteiger partial charge in [-0.2, -0.15) is 0 Å². The van der Waals surface area contributed by atoms with Gasteiger partial charge in [0.15, 0.2) is 34.5 Å². The number of aromatic hydroxyl groups is 1. The molecule has 6 bridgehead atoms. The van der Waals surface area contributed by atoms with Gasteiger partial charge in [-0.25, -0.2) is 0 Å². The maximum atomic E-state index is 12.3. The van der Waals surface area contributed by atoms with Crippen molar-refractivity contribution in [3.8, 4) is 46.0 Å². The first-order chi connectivity index (χ1) is 23.6. The molecule has 4 heterocycles. The van der Waals surface area contributed by atoms with E-state index in [9.17, 15) is 15.0 Å². The highest BCUT2D eigenvalue weighted by molar-refractivity contribution is 14.0. The summed E-state index contributed by atoms with van der Waals surface area (Å²) in [7, 11) is 8.78. The molecule has 0 aromatic heterocycles. The highest BCUT2D eigenvalue weighted by Crippen LogP contribution is 2.53. The Bertz CT molecular complexity index is 1920. The van der Waals surface area contributed by atoms with Gasteiger partial charge in [-0.3, -0.25) is 4.90 Å². The van der Waals surface area contributed by atoms with Crippen LogP contribution in [0, 0.1) is 0 Å². The fraction of sp³-hybridized carbons (Fsp3) is 0.359. The van der Waals surface area contributed by atoms with Gasteiger partial charge in [0.2, 0.25) is 5.75 Å². The summed E-state index contributed by atoms with van der Waals surface area (Å²) in [6, 6.07) is 19.4. The molecule has 0 aliphatic carbocycles. The molecular formula is C39H44I2N2O8. The first kappa shape index (κ1) is 38.8. The molecule has 272 valence electrons. The zero-order valence-corrected chi connectivity index (χ0v) is 34.1. The number of carboxylic acid groups (broad SMARTS) is 1. The van der Waals surface area contributed by atoms with Crippen LogP contribution in [0.15, 0.2) is 60.7 Å². The second kappa shape index (κ2) is 15.6. The first-order valence-electron chi connectivity index (χ1n) is 16.6. The second-order valence-electron chi connectivity index (χ2n) is 13.5. The lowest BCUT2D eigenvalue weighted by Crippen LogP contribution is -2.56. The van der Waals surface area contributed by atoms with Gasteiger partial charge in [-0.05, 0) is 90.2 Å². The summed E-state index contributed by atoms with van der Waals surface area (Å²) in [5, 5.41) is 24.1. The molecular weight excluding hydrogens is 878 g/mol. The predicted octanol–water partition coefficient (Wildman–Crippen LogP) is 6.36. The van der Waals surface area contributed by atoms with Gasteiger partial charge >= 0.3 is 0 Å². The van der Waals surface area contributed by atoms with Gasteiger partial charge in [-0.1, -0.05) is 18.2 Å². The maximum Gasteiger partial charge on any atom is 0.201 e. The number of fused-ring (bicyclic) bond motifs is 2. The summed E-state index contributed by atoms with van der Waals surface area (Å²) in [5.41, 5.74) is 5.99. The third-order valence-electron chi connectivity index (χ3n) is 10.5. The van der Waals surface area contributed by atoms with E-state index in [1.54, 1.807) is 14.2 Å². The highest BCUT2D eigenvalue weighted by atomic mass is 127. The van der Waals surface area contributed by atoms with Crippen LogP contribution in [0.4, 0.5) is 0 Å². The van der Waals surface area contributed by atoms with E-state index in [4.69, 9.17) is 23.7 Å². The summed E-state index contributed by atoms with van der Waals surface area (Å²) in [6.45, 7) is 1.19. The number of nitrogens with zero attached hydrogens (tertiary/aromatic N) is 2. The fourth-order valence-corrected chi connectivity index (χ4v) is 7.82. The van der Waals surface area contributed by atoms with E-state index in [0.29, 0.717) is 48.1 Å². The fourth-order valence-electron chi connectivity index (χ4n) is 7.82. The molecule has 10 nitrogen and oxygen atoms in total. The van der Waals surface area contributed by atoms with E-state index in [1.807, 2.05) is 55.6 Å². The number of halogens is 2. The molecule has 0 radical (unpaired) electrons. The molecule has 4 aromatic carbocycles. The van der Waals surface area contributed by atoms with Crippen molar-refractivity contribution in [2.45, 2.75) is 37.8 Å². The van der Waals surface area contributed by atoms with Crippen molar-refractivity contribution in [1.29, 1.82) is 0 Å². The number of phenolic OH excluding ortho intramolecular Hbond substituents is 1. The number of benzene rings is 4. The topological polar surface area (TPSA) is 110 Å². The molecule has 51 heavy (non-hydrogen) atoms. The van der Waals surface area contributed by atoms with Crippen molar-refractivity contribution in [3.63, 3.8) is 0 Å². The Labute approximate surface area is 332 Å². The van der Waals surface area contributed by atoms with E-state index in [1.165, 1.54) is 12.7 Å². The van der Waals surface area contributed by atoms with Gasteiger partial charge in [0.1, 0.15) is 18.3 Å². The van der Waals surface area contributed by atoms with Crippen LogP contribution in [-0.2, 0) is 30.5 Å². The Morgan fingerprint density at radius 3 is 2.22 bits per heavy atom. The van der Waals surface area contributed by atoms with Crippen molar-refractivity contribution in [2.75, 3.05) is 55.1 Å². The van der Waals surface area contributed by atoms with Gasteiger partial charge in [-0.15, -0.1) is 48.0 Å². The molecule has 1 N–H and O–H groups in total. The molecule has 3 atom stereocenters. The summed E-state index contributed by atoms with van der Waals surface area (Å²) < 4.78 is 30.6. The van der Waals surface area contributed by atoms with E-state index in [0.717, 1.165) is 47.2 Å². The summed E-state index contributed by atoms with van der Waals surface area (Å²) in [6.07, 6.45) is 2.57. The number of carbonyl (C=O) groups excluding carboxylic acids is 1. The molecule has 0 saturated carbocycles. The SMILES string of the molecule is COc1ccc2cc1Oc1ccc(cc1)CC1c3cc(c(OC)cc3CCN1C)Oc1c(O)c(OC)cc3c1C(C2)[N+](C)(CC(=O)[O-])CC3.I.I. The Morgan fingerprint density at radius 2 is 1.53 bits per heavy atom. The minimum absolute atomic E-state index is 0. The first-order valence-corrected chi connectivity index (χ1v) is 16.6. The quantitative estimate of drug-likeness (QED) is 0.181. The van der Waals surface area contributed by atoms with E-state index in [-0.39, 0.29) is 82.3 Å². The minimum Gasteiger partial charge on any atom is -0.544 e. The van der Waals surface area contributed by atoms with E-state index < -0.39 is 12.0 Å². The van der Waals surface area contributed by atoms with Crippen LogP contribution in [-0.4, -0.2) is 75.5 Å². The number of aliphatic carboxylic acids is 1. The number of ether oxygens (including phenoxy) is 5. The van der Waals surface area contributed by atoms with Crippen molar-refractivity contribution in [1.82, 2.24) is 4.90 Å². The number of hydrogen-bond donors (Lipinski definition) is 1. The van der Waals surface area contributed by atoms with E-state index in [2.05, 4.69) is 24.1 Å². The molecule has 0 fully saturated rings. The van der Waals surface area contributed by atoms with Crippen LogP contribution in [0.3, 0.4) is 0 Å². The Hall–Kier alpha value is -3.47. The van der Waals surface area contributed by atoms with Crippen LogP contribution >= 0.6 is 48.0 Å². The van der Waals surface area contributed by atoms with Crippen LogP contribution < -0.4 is 28.8 Å². The average Bonchev–Trinajstić information content (AvgIpc) is 3.08. The Morgan fingerprint density at radius 1 is 0.863 bits per heavy atom. The minimum atomic E-state index is -1.15. The molecule has 4 aromatic rings. The Balaban J connectivity index is 0.00000252. The van der Waals surface area contributed by atoms with Gasteiger partial charge in [0.25, 0.3) is 0 Å². The van der Waals surface area contributed by atoms with Gasteiger partial charge in [0.05, 0.1) is 46.5 Å². The maximum absolute atomic E-state index is 12.3. The molecule has 4 aliphatic rings. The number of carbonyl (C=O) groups is 1. The van der Waals surface area contributed by atoms with Crippen molar-refractivity contribution >= 4 is 53.9 Å². The molecule has 0 amide bonds. The zero-order chi connectivity index (χ0) is 34.4. The number of phenols is 1. The third-order valence-corrected chi connectivity index (χ3v) is 10.5. The molecule has 0 spiro atoms. The molecule has 0 saturated heterocycles. The summed E-state index contributed by atoms with van der Waals surface area (Å²) in [5.74, 6) is 2.00. The molecule has 3 unspecified atom stereocenters.